The molecule has 0 heterocycles. The second kappa shape index (κ2) is 4.06. The molecule has 0 atom stereocenters. The second-order valence-electron chi connectivity index (χ2n) is 3.21. The molecule has 0 aliphatic rings. The summed E-state index contributed by atoms with van der Waals surface area (Å²) >= 11 is 0. The topological polar surface area (TPSA) is 44.0 Å². The number of rotatable bonds is 2. The Kier molecular flexibility index (Phi) is 3.05. The monoisotopic (exact) mass is 174 g/mol. The summed E-state index contributed by atoms with van der Waals surface area (Å²) in [6, 6.07) is 7.59. The van der Waals surface area contributed by atoms with Crippen LogP contribution in [0.1, 0.15) is 36.5 Å². The normalized spacial score (nSPS) is 10.1. The zero-order valence-electron chi connectivity index (χ0n) is 7.78. The number of benzene rings is 1. The Hall–Kier alpha value is -1.33. The first-order valence-electron chi connectivity index (χ1n) is 4.21. The summed E-state index contributed by atoms with van der Waals surface area (Å²) in [5.41, 5.74) is 2.14. The molecule has 1 rings (SSSR count). The second-order valence-corrected chi connectivity index (χ2v) is 3.21. The van der Waals surface area contributed by atoms with Gasteiger partial charge >= 0.3 is 0 Å². The van der Waals surface area contributed by atoms with Crippen molar-refractivity contribution in [1.82, 2.24) is 0 Å². The maximum Gasteiger partial charge on any atom is 0.110 e. The van der Waals surface area contributed by atoms with E-state index in [9.17, 15) is 0 Å². The zero-order valence-corrected chi connectivity index (χ0v) is 7.78. The first-order valence-corrected chi connectivity index (χ1v) is 4.21. The van der Waals surface area contributed by atoms with Crippen LogP contribution >= 0.6 is 0 Å². The fourth-order valence-electron chi connectivity index (χ4n) is 1.31. The molecule has 0 aliphatic carbocycles. The molecule has 0 bridgehead atoms. The van der Waals surface area contributed by atoms with Gasteiger partial charge in [-0.05, 0) is 11.5 Å². The highest BCUT2D eigenvalue weighted by molar-refractivity contribution is 5.47. The smallest absolute Gasteiger partial charge is 0.110 e. The Labute approximate surface area is 78.4 Å². The lowest BCUT2D eigenvalue weighted by Crippen LogP contribution is -1.96. The van der Waals surface area contributed by atoms with Crippen molar-refractivity contribution in [3.05, 3.63) is 41.5 Å². The first kappa shape index (κ1) is 9.76. The molecule has 0 saturated heterocycles. The van der Waals surface area contributed by atoms with Crippen LogP contribution in [0.15, 0.2) is 18.2 Å². The molecule has 0 amide bonds. The summed E-state index contributed by atoms with van der Waals surface area (Å²) in [5.74, 6) is 0.301. The molecule has 0 saturated carbocycles. The van der Waals surface area contributed by atoms with Gasteiger partial charge in [-0.15, -0.1) is 0 Å². The van der Waals surface area contributed by atoms with Gasteiger partial charge in [-0.25, -0.2) is 0 Å². The third-order valence-corrected chi connectivity index (χ3v) is 2.00. The molecule has 1 aromatic rings. The van der Waals surface area contributed by atoms with E-state index in [0.29, 0.717) is 17.0 Å². The van der Waals surface area contributed by atoms with Crippen molar-refractivity contribution in [2.75, 3.05) is 0 Å². The predicted octanol–water partition coefficient (Wildman–Crippen LogP) is 2.56. The van der Waals surface area contributed by atoms with E-state index in [4.69, 9.17) is 10.4 Å². The van der Waals surface area contributed by atoms with Crippen molar-refractivity contribution in [3.8, 4) is 6.07 Å². The van der Waals surface area contributed by atoms with E-state index in [2.05, 4.69) is 6.07 Å². The predicted molar refractivity (Wildman–Crippen MR) is 50.6 cm³/mol. The highest BCUT2D eigenvalue weighted by Gasteiger charge is 2.09. The summed E-state index contributed by atoms with van der Waals surface area (Å²) in [4.78, 5) is 0. The van der Waals surface area contributed by atoms with Gasteiger partial charge < -0.3 is 5.11 Å². The number of nitriles is 1. The maximum atomic E-state index is 8.90. The fourth-order valence-corrected chi connectivity index (χ4v) is 1.31. The Bertz CT molecular complexity index is 336. The van der Waals surface area contributed by atoms with Gasteiger partial charge in [-0.1, -0.05) is 32.0 Å². The standard InChI is InChI=1S/C11H12NO/c1-8(2)10-5-3-4-9(7-13)11(10)6-12/h3-5,7-8,13H,1-2H3. The van der Waals surface area contributed by atoms with E-state index >= 15 is 0 Å². The maximum absolute atomic E-state index is 8.90. The zero-order chi connectivity index (χ0) is 9.84. The van der Waals surface area contributed by atoms with Crippen LogP contribution in [0.3, 0.4) is 0 Å². The van der Waals surface area contributed by atoms with Gasteiger partial charge in [0.15, 0.2) is 0 Å². The van der Waals surface area contributed by atoms with Crippen molar-refractivity contribution in [1.29, 1.82) is 5.26 Å². The van der Waals surface area contributed by atoms with Crippen LogP contribution in [0.5, 0.6) is 0 Å². The summed E-state index contributed by atoms with van der Waals surface area (Å²) in [6.45, 7) is 5.03. The minimum Gasteiger partial charge on any atom is -0.385 e. The summed E-state index contributed by atoms with van der Waals surface area (Å²) in [5, 5.41) is 17.8. The molecule has 0 aromatic heterocycles. The Morgan fingerprint density at radius 1 is 1.46 bits per heavy atom. The van der Waals surface area contributed by atoms with E-state index < -0.39 is 0 Å². The van der Waals surface area contributed by atoms with Gasteiger partial charge in [0.1, 0.15) is 6.61 Å². The average molecular weight is 174 g/mol. The van der Waals surface area contributed by atoms with Crippen LogP contribution in [0.25, 0.3) is 0 Å². The lowest BCUT2D eigenvalue weighted by Gasteiger charge is -2.09. The van der Waals surface area contributed by atoms with Crippen LogP contribution in [0.4, 0.5) is 0 Å². The minimum absolute atomic E-state index is 0.301. The molecule has 1 aromatic carbocycles. The number of hydrogen-bond acceptors (Lipinski definition) is 2. The van der Waals surface area contributed by atoms with E-state index in [1.807, 2.05) is 26.0 Å². The molecule has 1 radical (unpaired) electrons. The van der Waals surface area contributed by atoms with Gasteiger partial charge in [0.05, 0.1) is 11.6 Å². The molecule has 2 nitrogen and oxygen atoms in total. The molecular formula is C11H12NO. The highest BCUT2D eigenvalue weighted by atomic mass is 16.3. The average Bonchev–Trinajstić information content (AvgIpc) is 2.16. The van der Waals surface area contributed by atoms with Gasteiger partial charge in [-0.2, -0.15) is 5.26 Å². The molecule has 0 aliphatic heterocycles. The van der Waals surface area contributed by atoms with Gasteiger partial charge in [0, 0.05) is 5.56 Å². The van der Waals surface area contributed by atoms with Crippen molar-refractivity contribution in [2.24, 2.45) is 0 Å². The molecule has 0 unspecified atom stereocenters. The van der Waals surface area contributed by atoms with E-state index in [-0.39, 0.29) is 0 Å². The number of aliphatic hydroxyl groups excluding tert-OH is 1. The molecule has 13 heavy (non-hydrogen) atoms. The molecule has 2 heteroatoms. The van der Waals surface area contributed by atoms with Crippen LogP contribution in [0, 0.1) is 17.9 Å². The Morgan fingerprint density at radius 3 is 2.62 bits per heavy atom. The fraction of sp³-hybridized carbons (Fsp3) is 0.273. The van der Waals surface area contributed by atoms with Crippen LogP contribution in [0.2, 0.25) is 0 Å². The van der Waals surface area contributed by atoms with Gasteiger partial charge in [-0.3, -0.25) is 0 Å². The number of nitrogens with zero attached hydrogens (tertiary/aromatic N) is 1. The lowest BCUT2D eigenvalue weighted by atomic mass is 9.94. The van der Waals surface area contributed by atoms with E-state index in [1.165, 1.54) is 0 Å². The summed E-state index contributed by atoms with van der Waals surface area (Å²) in [7, 11) is 0. The van der Waals surface area contributed by atoms with Crippen molar-refractivity contribution >= 4 is 0 Å². The Balaban J connectivity index is 3.29. The molecule has 0 fully saturated rings. The minimum atomic E-state index is 0.301. The summed E-state index contributed by atoms with van der Waals surface area (Å²) in [6.07, 6.45) is 0. The van der Waals surface area contributed by atoms with Gasteiger partial charge in [0.25, 0.3) is 0 Å². The van der Waals surface area contributed by atoms with Crippen LogP contribution in [-0.4, -0.2) is 5.11 Å². The quantitative estimate of drug-likeness (QED) is 0.748. The molecule has 1 N–H and O–H groups in total. The molecule has 0 spiro atoms. The largest absolute Gasteiger partial charge is 0.385 e. The third-order valence-electron chi connectivity index (χ3n) is 2.00. The highest BCUT2D eigenvalue weighted by Crippen LogP contribution is 2.22. The third kappa shape index (κ3) is 1.88. The first-order chi connectivity index (χ1) is 6.20. The number of hydrogen-bond donors (Lipinski definition) is 1. The van der Waals surface area contributed by atoms with Crippen molar-refractivity contribution in [3.63, 3.8) is 0 Å². The SMILES string of the molecule is CC(C)c1cccc([CH]O)c1C#N. The van der Waals surface area contributed by atoms with Crippen LogP contribution in [-0.2, 0) is 0 Å². The van der Waals surface area contributed by atoms with Crippen molar-refractivity contribution in [2.45, 2.75) is 19.8 Å². The van der Waals surface area contributed by atoms with Crippen molar-refractivity contribution < 1.29 is 5.11 Å². The van der Waals surface area contributed by atoms with E-state index in [1.54, 1.807) is 6.07 Å². The molecule has 67 valence electrons. The lowest BCUT2D eigenvalue weighted by molar-refractivity contribution is 0.414. The summed E-state index contributed by atoms with van der Waals surface area (Å²) < 4.78 is 0. The van der Waals surface area contributed by atoms with Crippen LogP contribution < -0.4 is 0 Å². The molecular weight excluding hydrogens is 162 g/mol. The Morgan fingerprint density at radius 2 is 2.15 bits per heavy atom. The number of aliphatic hydroxyl groups is 1. The van der Waals surface area contributed by atoms with Gasteiger partial charge in [0.2, 0.25) is 0 Å². The van der Waals surface area contributed by atoms with E-state index in [0.717, 1.165) is 12.2 Å².